The number of fused-ring (bicyclic) bond motifs is 1. The SMILES string of the molecule is C=CCn1nc(I)c2c(N)ncnc21. The average molecular weight is 301 g/mol. The van der Waals surface area contributed by atoms with Crippen molar-refractivity contribution in [1.29, 1.82) is 0 Å². The van der Waals surface area contributed by atoms with Crippen LogP contribution >= 0.6 is 22.6 Å². The highest BCUT2D eigenvalue weighted by Gasteiger charge is 2.11. The van der Waals surface area contributed by atoms with Gasteiger partial charge >= 0.3 is 0 Å². The molecule has 0 aliphatic carbocycles. The maximum atomic E-state index is 5.73. The maximum Gasteiger partial charge on any atom is 0.164 e. The Kier molecular flexibility index (Phi) is 2.36. The van der Waals surface area contributed by atoms with Crippen molar-refractivity contribution in [1.82, 2.24) is 19.7 Å². The number of hydrogen-bond acceptors (Lipinski definition) is 4. The lowest BCUT2D eigenvalue weighted by Crippen LogP contribution is -1.99. The minimum absolute atomic E-state index is 0.467. The number of hydrogen-bond donors (Lipinski definition) is 1. The highest BCUT2D eigenvalue weighted by Crippen LogP contribution is 2.22. The Morgan fingerprint density at radius 1 is 1.57 bits per heavy atom. The number of nitrogens with zero attached hydrogens (tertiary/aromatic N) is 4. The van der Waals surface area contributed by atoms with Crippen LogP contribution in [0.2, 0.25) is 0 Å². The van der Waals surface area contributed by atoms with E-state index in [2.05, 4.69) is 44.2 Å². The molecule has 14 heavy (non-hydrogen) atoms. The molecule has 0 spiro atoms. The molecule has 0 bridgehead atoms. The fourth-order valence-electron chi connectivity index (χ4n) is 1.24. The zero-order valence-corrected chi connectivity index (χ0v) is 9.47. The number of nitrogens with two attached hydrogens (primary N) is 1. The van der Waals surface area contributed by atoms with Crippen LogP contribution in [0.4, 0.5) is 5.82 Å². The molecule has 0 aromatic carbocycles. The van der Waals surface area contributed by atoms with Gasteiger partial charge in [-0.2, -0.15) is 5.10 Å². The van der Waals surface area contributed by atoms with Crippen molar-refractivity contribution in [3.63, 3.8) is 0 Å². The van der Waals surface area contributed by atoms with Crippen LogP contribution in [0.15, 0.2) is 19.0 Å². The van der Waals surface area contributed by atoms with E-state index in [0.29, 0.717) is 12.4 Å². The number of nitrogen functional groups attached to an aromatic ring is 1. The standard InChI is InChI=1S/C8H8IN5/c1-2-3-14-8-5(6(9)13-14)7(10)11-4-12-8/h2,4H,1,3H2,(H2,10,11,12). The van der Waals surface area contributed by atoms with Gasteiger partial charge in [0.05, 0.1) is 11.9 Å². The molecule has 2 heterocycles. The van der Waals surface area contributed by atoms with Crippen LogP contribution in [-0.4, -0.2) is 19.7 Å². The molecule has 2 aromatic rings. The Morgan fingerprint density at radius 3 is 3.07 bits per heavy atom. The first kappa shape index (κ1) is 9.38. The molecule has 0 aliphatic heterocycles. The summed E-state index contributed by atoms with van der Waals surface area (Å²) in [4.78, 5) is 8.06. The van der Waals surface area contributed by atoms with E-state index in [1.54, 1.807) is 10.8 Å². The summed E-state index contributed by atoms with van der Waals surface area (Å²) >= 11 is 2.12. The van der Waals surface area contributed by atoms with Crippen molar-refractivity contribution in [2.75, 3.05) is 5.73 Å². The number of anilines is 1. The summed E-state index contributed by atoms with van der Waals surface area (Å²) in [7, 11) is 0. The lowest BCUT2D eigenvalue weighted by atomic mass is 10.4. The topological polar surface area (TPSA) is 69.6 Å². The minimum Gasteiger partial charge on any atom is -0.383 e. The van der Waals surface area contributed by atoms with E-state index in [4.69, 9.17) is 5.73 Å². The summed E-state index contributed by atoms with van der Waals surface area (Å²) in [5.74, 6) is 0.467. The first-order valence-corrected chi connectivity index (χ1v) is 5.05. The van der Waals surface area contributed by atoms with Crippen LogP contribution in [0.3, 0.4) is 0 Å². The Labute approximate surface area is 94.2 Å². The molecule has 0 saturated heterocycles. The molecule has 0 atom stereocenters. The molecule has 0 amide bonds. The van der Waals surface area contributed by atoms with Crippen LogP contribution in [0.25, 0.3) is 11.0 Å². The smallest absolute Gasteiger partial charge is 0.164 e. The molecular formula is C8H8IN5. The summed E-state index contributed by atoms with van der Waals surface area (Å²) in [6.45, 7) is 4.28. The Morgan fingerprint density at radius 2 is 2.36 bits per heavy atom. The van der Waals surface area contributed by atoms with Crippen LogP contribution in [-0.2, 0) is 6.54 Å². The Bertz CT molecular complexity index is 490. The van der Waals surface area contributed by atoms with Gasteiger partial charge in [0.2, 0.25) is 0 Å². The van der Waals surface area contributed by atoms with Crippen molar-refractivity contribution in [2.45, 2.75) is 6.54 Å². The Hall–Kier alpha value is -1.18. The molecule has 0 radical (unpaired) electrons. The second-order valence-corrected chi connectivity index (χ2v) is 3.74. The zero-order chi connectivity index (χ0) is 10.1. The molecule has 72 valence electrons. The van der Waals surface area contributed by atoms with Crippen molar-refractivity contribution in [3.8, 4) is 0 Å². The van der Waals surface area contributed by atoms with Crippen LogP contribution < -0.4 is 5.73 Å². The van der Waals surface area contributed by atoms with Gasteiger partial charge in [-0.15, -0.1) is 6.58 Å². The van der Waals surface area contributed by atoms with Crippen LogP contribution in [0.1, 0.15) is 0 Å². The third-order valence-corrected chi connectivity index (χ3v) is 2.57. The Balaban J connectivity index is 2.77. The highest BCUT2D eigenvalue weighted by atomic mass is 127. The van der Waals surface area contributed by atoms with Crippen molar-refractivity contribution >= 4 is 39.4 Å². The molecule has 2 rings (SSSR count). The van der Waals surface area contributed by atoms with Gasteiger partial charge in [0.1, 0.15) is 15.8 Å². The van der Waals surface area contributed by atoms with E-state index in [-0.39, 0.29) is 0 Å². The zero-order valence-electron chi connectivity index (χ0n) is 7.31. The number of halogens is 1. The van der Waals surface area contributed by atoms with Gasteiger partial charge in [0.25, 0.3) is 0 Å². The third-order valence-electron chi connectivity index (χ3n) is 1.82. The van der Waals surface area contributed by atoms with Gasteiger partial charge in [-0.3, -0.25) is 0 Å². The first-order chi connectivity index (χ1) is 6.74. The number of allylic oxidation sites excluding steroid dienone is 1. The maximum absolute atomic E-state index is 5.73. The highest BCUT2D eigenvalue weighted by molar-refractivity contribution is 14.1. The summed E-state index contributed by atoms with van der Waals surface area (Å²) in [5, 5.41) is 5.10. The second kappa shape index (κ2) is 3.52. The fourth-order valence-corrected chi connectivity index (χ4v) is 2.01. The molecule has 2 aromatic heterocycles. The fraction of sp³-hybridized carbons (Fsp3) is 0.125. The molecule has 0 saturated carbocycles. The van der Waals surface area contributed by atoms with Gasteiger partial charge in [-0.05, 0) is 22.6 Å². The van der Waals surface area contributed by atoms with E-state index in [1.807, 2.05) is 0 Å². The van der Waals surface area contributed by atoms with Gasteiger partial charge in [-0.25, -0.2) is 14.6 Å². The van der Waals surface area contributed by atoms with Gasteiger partial charge in [-0.1, -0.05) is 6.08 Å². The summed E-state index contributed by atoms with van der Waals surface area (Å²) in [5.41, 5.74) is 6.48. The number of aromatic nitrogens is 4. The summed E-state index contributed by atoms with van der Waals surface area (Å²) in [6.07, 6.45) is 3.20. The summed E-state index contributed by atoms with van der Waals surface area (Å²) < 4.78 is 2.57. The van der Waals surface area contributed by atoms with E-state index in [1.165, 1.54) is 6.33 Å². The van der Waals surface area contributed by atoms with Crippen molar-refractivity contribution in [3.05, 3.63) is 22.7 Å². The summed E-state index contributed by atoms with van der Waals surface area (Å²) in [6, 6.07) is 0. The predicted molar refractivity (Wildman–Crippen MR) is 62.6 cm³/mol. The molecule has 5 nitrogen and oxygen atoms in total. The van der Waals surface area contributed by atoms with Crippen molar-refractivity contribution < 1.29 is 0 Å². The molecular weight excluding hydrogens is 293 g/mol. The average Bonchev–Trinajstić information content (AvgIpc) is 2.46. The van der Waals surface area contributed by atoms with Gasteiger partial charge in [0, 0.05) is 0 Å². The third kappa shape index (κ3) is 1.35. The molecule has 6 heteroatoms. The van der Waals surface area contributed by atoms with Crippen LogP contribution in [0.5, 0.6) is 0 Å². The first-order valence-electron chi connectivity index (χ1n) is 3.97. The quantitative estimate of drug-likeness (QED) is 0.668. The minimum atomic E-state index is 0.467. The van der Waals surface area contributed by atoms with Crippen molar-refractivity contribution in [2.24, 2.45) is 0 Å². The lowest BCUT2D eigenvalue weighted by molar-refractivity contribution is 0.713. The largest absolute Gasteiger partial charge is 0.383 e. The predicted octanol–water partition coefficient (Wildman–Crippen LogP) is 1.20. The monoisotopic (exact) mass is 301 g/mol. The van der Waals surface area contributed by atoms with Gasteiger partial charge < -0.3 is 5.73 Å². The number of rotatable bonds is 2. The molecule has 2 N–H and O–H groups in total. The van der Waals surface area contributed by atoms with E-state index in [9.17, 15) is 0 Å². The molecule has 0 fully saturated rings. The second-order valence-electron chi connectivity index (χ2n) is 2.72. The van der Waals surface area contributed by atoms with E-state index in [0.717, 1.165) is 14.7 Å². The normalized spacial score (nSPS) is 10.6. The van der Waals surface area contributed by atoms with E-state index >= 15 is 0 Å². The van der Waals surface area contributed by atoms with Gasteiger partial charge in [0.15, 0.2) is 5.65 Å². The molecule has 0 unspecified atom stereocenters. The molecule has 0 aliphatic rings. The lowest BCUT2D eigenvalue weighted by Gasteiger charge is -1.97. The van der Waals surface area contributed by atoms with Crippen LogP contribution in [0, 0.1) is 3.70 Å². The van der Waals surface area contributed by atoms with E-state index < -0.39 is 0 Å².